The first-order chi connectivity index (χ1) is 7.63. The van der Waals surface area contributed by atoms with Crippen molar-refractivity contribution in [2.75, 3.05) is 7.11 Å². The van der Waals surface area contributed by atoms with Crippen LogP contribution in [-0.2, 0) is 0 Å². The largest absolute Gasteiger partial charge is 0.496 e. The van der Waals surface area contributed by atoms with Crippen LogP contribution in [0.4, 0.5) is 0 Å². The Morgan fingerprint density at radius 2 is 2.19 bits per heavy atom. The second kappa shape index (κ2) is 3.80. The highest BCUT2D eigenvalue weighted by Gasteiger charge is 2.49. The number of nitrogens with zero attached hydrogens (tertiary/aromatic N) is 1. The van der Waals surface area contributed by atoms with E-state index >= 15 is 0 Å². The van der Waals surface area contributed by atoms with E-state index in [1.165, 1.54) is 0 Å². The first-order valence-corrected chi connectivity index (χ1v) is 5.44. The number of nitriles is 1. The van der Waals surface area contributed by atoms with E-state index in [-0.39, 0.29) is 11.5 Å². The number of aryl methyl sites for hydroxylation is 1. The predicted octanol–water partition coefficient (Wildman–Crippen LogP) is 2.31. The van der Waals surface area contributed by atoms with Crippen molar-refractivity contribution >= 4 is 0 Å². The summed E-state index contributed by atoms with van der Waals surface area (Å²) in [6, 6.07) is 8.01. The van der Waals surface area contributed by atoms with Crippen molar-refractivity contribution in [1.82, 2.24) is 0 Å². The fourth-order valence-corrected chi connectivity index (χ4v) is 2.02. The molecule has 0 bridgehead atoms. The zero-order valence-corrected chi connectivity index (χ0v) is 9.66. The molecule has 84 valence electrons. The molecule has 1 aliphatic carbocycles. The lowest BCUT2D eigenvalue weighted by molar-refractivity contribution is 0.396. The maximum atomic E-state index is 9.15. The molecule has 1 aromatic rings. The van der Waals surface area contributed by atoms with E-state index in [9.17, 15) is 0 Å². The zero-order valence-electron chi connectivity index (χ0n) is 9.66. The van der Waals surface area contributed by atoms with Gasteiger partial charge in [0.1, 0.15) is 5.75 Å². The number of hydrogen-bond donors (Lipinski definition) is 1. The highest BCUT2D eigenvalue weighted by molar-refractivity contribution is 5.42. The standard InChI is InChI=1S/C13H16N2O/c1-9-3-4-11(16-2)10(7-9)12(15)13(8-14)5-6-13/h3-4,7,12H,5-6,15H2,1-2H3. The van der Waals surface area contributed by atoms with Gasteiger partial charge in [-0.2, -0.15) is 5.26 Å². The Kier molecular flexibility index (Phi) is 2.61. The Bertz CT molecular complexity index is 444. The average Bonchev–Trinajstić information content (AvgIpc) is 3.09. The number of nitrogens with two attached hydrogens (primary N) is 1. The Balaban J connectivity index is 2.40. The monoisotopic (exact) mass is 216 g/mol. The molecular formula is C13H16N2O. The zero-order chi connectivity index (χ0) is 11.8. The second-order valence-electron chi connectivity index (χ2n) is 4.49. The van der Waals surface area contributed by atoms with Gasteiger partial charge in [-0.05, 0) is 25.8 Å². The quantitative estimate of drug-likeness (QED) is 0.843. The molecule has 1 saturated carbocycles. The molecule has 0 aromatic heterocycles. The van der Waals surface area contributed by atoms with Crippen LogP contribution in [0.5, 0.6) is 5.75 Å². The summed E-state index contributed by atoms with van der Waals surface area (Å²) >= 11 is 0. The minimum Gasteiger partial charge on any atom is -0.496 e. The highest BCUT2D eigenvalue weighted by Crippen LogP contribution is 2.54. The first kappa shape index (κ1) is 11.0. The van der Waals surface area contributed by atoms with Gasteiger partial charge in [-0.3, -0.25) is 0 Å². The van der Waals surface area contributed by atoms with Gasteiger partial charge in [-0.15, -0.1) is 0 Å². The summed E-state index contributed by atoms with van der Waals surface area (Å²) in [7, 11) is 1.63. The lowest BCUT2D eigenvalue weighted by Gasteiger charge is -2.20. The summed E-state index contributed by atoms with van der Waals surface area (Å²) < 4.78 is 5.30. The summed E-state index contributed by atoms with van der Waals surface area (Å²) in [4.78, 5) is 0. The van der Waals surface area contributed by atoms with Gasteiger partial charge in [0.05, 0.1) is 24.6 Å². The van der Waals surface area contributed by atoms with Crippen LogP contribution < -0.4 is 10.5 Å². The molecule has 0 heterocycles. The molecule has 0 amide bonds. The summed E-state index contributed by atoms with van der Waals surface area (Å²) in [5.41, 5.74) is 7.91. The summed E-state index contributed by atoms with van der Waals surface area (Å²) in [5, 5.41) is 9.15. The van der Waals surface area contributed by atoms with Crippen molar-refractivity contribution in [1.29, 1.82) is 5.26 Å². The number of ether oxygens (including phenoxy) is 1. The highest BCUT2D eigenvalue weighted by atomic mass is 16.5. The SMILES string of the molecule is COc1ccc(C)cc1C(N)C1(C#N)CC1. The van der Waals surface area contributed by atoms with E-state index in [0.717, 1.165) is 29.7 Å². The Morgan fingerprint density at radius 3 is 2.69 bits per heavy atom. The molecule has 3 heteroatoms. The van der Waals surface area contributed by atoms with Gasteiger partial charge < -0.3 is 10.5 Å². The van der Waals surface area contributed by atoms with Gasteiger partial charge >= 0.3 is 0 Å². The van der Waals surface area contributed by atoms with E-state index in [2.05, 4.69) is 6.07 Å². The van der Waals surface area contributed by atoms with E-state index in [1.54, 1.807) is 7.11 Å². The summed E-state index contributed by atoms with van der Waals surface area (Å²) in [6.07, 6.45) is 1.78. The minimum absolute atomic E-state index is 0.243. The Morgan fingerprint density at radius 1 is 1.50 bits per heavy atom. The van der Waals surface area contributed by atoms with E-state index in [1.807, 2.05) is 25.1 Å². The van der Waals surface area contributed by atoms with Gasteiger partial charge in [-0.1, -0.05) is 17.7 Å². The maximum Gasteiger partial charge on any atom is 0.123 e. The molecule has 0 saturated heterocycles. The average molecular weight is 216 g/mol. The van der Waals surface area contributed by atoms with Gasteiger partial charge in [0.25, 0.3) is 0 Å². The molecule has 0 aliphatic heterocycles. The number of benzene rings is 1. The van der Waals surface area contributed by atoms with Crippen LogP contribution in [0.25, 0.3) is 0 Å². The van der Waals surface area contributed by atoms with Crippen LogP contribution in [0.3, 0.4) is 0 Å². The van der Waals surface area contributed by atoms with Gasteiger partial charge in [0.2, 0.25) is 0 Å². The van der Waals surface area contributed by atoms with Crippen molar-refractivity contribution in [3.8, 4) is 11.8 Å². The smallest absolute Gasteiger partial charge is 0.123 e. The topological polar surface area (TPSA) is 59.0 Å². The molecule has 16 heavy (non-hydrogen) atoms. The van der Waals surface area contributed by atoms with Gasteiger partial charge in [-0.25, -0.2) is 0 Å². The third-order valence-corrected chi connectivity index (χ3v) is 3.33. The van der Waals surface area contributed by atoms with Crippen LogP contribution in [0.1, 0.15) is 30.0 Å². The lowest BCUT2D eigenvalue weighted by Crippen LogP contribution is -2.22. The van der Waals surface area contributed by atoms with Crippen LogP contribution in [-0.4, -0.2) is 7.11 Å². The van der Waals surface area contributed by atoms with Crippen molar-refractivity contribution in [2.24, 2.45) is 11.1 Å². The third-order valence-electron chi connectivity index (χ3n) is 3.33. The van der Waals surface area contributed by atoms with Crippen molar-refractivity contribution in [3.63, 3.8) is 0 Å². The van der Waals surface area contributed by atoms with Gasteiger partial charge in [0.15, 0.2) is 0 Å². The third kappa shape index (κ3) is 1.66. The minimum atomic E-state index is -0.360. The molecule has 1 atom stereocenters. The molecular weight excluding hydrogens is 200 g/mol. The first-order valence-electron chi connectivity index (χ1n) is 5.44. The maximum absolute atomic E-state index is 9.15. The second-order valence-corrected chi connectivity index (χ2v) is 4.49. The number of rotatable bonds is 3. The number of hydrogen-bond acceptors (Lipinski definition) is 3. The fourth-order valence-electron chi connectivity index (χ4n) is 2.02. The van der Waals surface area contributed by atoms with Crippen LogP contribution in [0, 0.1) is 23.7 Å². The molecule has 1 fully saturated rings. The summed E-state index contributed by atoms with van der Waals surface area (Å²) in [5.74, 6) is 0.777. The Labute approximate surface area is 95.8 Å². The van der Waals surface area contributed by atoms with Crippen LogP contribution in [0.2, 0.25) is 0 Å². The summed E-state index contributed by atoms with van der Waals surface area (Å²) in [6.45, 7) is 2.02. The molecule has 2 rings (SSSR count). The van der Waals surface area contributed by atoms with E-state index < -0.39 is 0 Å². The van der Waals surface area contributed by atoms with Gasteiger partial charge in [0, 0.05) is 5.56 Å². The lowest BCUT2D eigenvalue weighted by atomic mass is 9.90. The normalized spacial score (nSPS) is 18.6. The van der Waals surface area contributed by atoms with Crippen molar-refractivity contribution in [3.05, 3.63) is 29.3 Å². The number of methoxy groups -OCH3 is 1. The van der Waals surface area contributed by atoms with Crippen LogP contribution in [0.15, 0.2) is 18.2 Å². The molecule has 1 aliphatic rings. The van der Waals surface area contributed by atoms with Crippen molar-refractivity contribution in [2.45, 2.75) is 25.8 Å². The molecule has 1 unspecified atom stereocenters. The van der Waals surface area contributed by atoms with E-state index in [0.29, 0.717) is 0 Å². The fraction of sp³-hybridized carbons (Fsp3) is 0.462. The Hall–Kier alpha value is -1.53. The van der Waals surface area contributed by atoms with Crippen LogP contribution >= 0.6 is 0 Å². The molecule has 0 spiro atoms. The van der Waals surface area contributed by atoms with E-state index in [4.69, 9.17) is 15.7 Å². The molecule has 0 radical (unpaired) electrons. The van der Waals surface area contributed by atoms with Crippen molar-refractivity contribution < 1.29 is 4.74 Å². The molecule has 3 nitrogen and oxygen atoms in total. The molecule has 1 aromatic carbocycles. The predicted molar refractivity (Wildman–Crippen MR) is 61.9 cm³/mol. The molecule has 2 N–H and O–H groups in total.